The van der Waals surface area contributed by atoms with E-state index in [1.165, 1.54) is 0 Å². The summed E-state index contributed by atoms with van der Waals surface area (Å²) in [6.45, 7) is 4.05. The third-order valence-electron chi connectivity index (χ3n) is 0.527. The van der Waals surface area contributed by atoms with Crippen LogP contribution in [0.3, 0.4) is 0 Å². The second-order valence-electron chi connectivity index (χ2n) is 1.23. The minimum atomic E-state index is 0.108. The van der Waals surface area contributed by atoms with Crippen LogP contribution in [-0.2, 0) is 14.7 Å². The van der Waals surface area contributed by atoms with Gasteiger partial charge in [0.05, 0.1) is 0 Å². The predicted octanol–water partition coefficient (Wildman–Crippen LogP) is 0.610. The van der Waals surface area contributed by atoms with Gasteiger partial charge in [0.1, 0.15) is 19.8 Å². The number of hydrogen-bond acceptors (Lipinski definition) is 4. The van der Waals surface area contributed by atoms with Crippen LogP contribution >= 0.6 is 0 Å². The molecule has 0 aliphatic carbocycles. The summed E-state index contributed by atoms with van der Waals surface area (Å²) in [5.74, 6) is 0. The van der Waals surface area contributed by atoms with Crippen molar-refractivity contribution >= 4 is 0 Å². The van der Waals surface area contributed by atoms with Gasteiger partial charge < -0.3 is 0 Å². The van der Waals surface area contributed by atoms with Gasteiger partial charge in [-0.05, 0) is 0 Å². The summed E-state index contributed by atoms with van der Waals surface area (Å²) in [7, 11) is 0. The molecule has 0 aliphatic rings. The highest BCUT2D eigenvalue weighted by molar-refractivity contribution is 4.62. The Labute approximate surface area is 53.5 Å². The zero-order valence-corrected chi connectivity index (χ0v) is 5.08. The monoisotopic (exact) mass is 134 g/mol. The first kappa shape index (κ1) is 8.58. The molecule has 0 aromatic heterocycles. The van der Waals surface area contributed by atoms with Gasteiger partial charge >= 0.3 is 0 Å². The largest absolute Gasteiger partial charge is 0.252 e. The molecule has 0 spiro atoms. The van der Waals surface area contributed by atoms with Gasteiger partial charge in [0.2, 0.25) is 0 Å². The maximum absolute atomic E-state index is 7.77. The molecule has 0 aliphatic heterocycles. The smallest absolute Gasteiger partial charge is 0.109 e. The average molecular weight is 134 g/mol. The first-order chi connectivity index (χ1) is 4.41. The summed E-state index contributed by atoms with van der Waals surface area (Å²) in [6, 6.07) is 0. The van der Waals surface area contributed by atoms with Gasteiger partial charge in [-0.25, -0.2) is 14.7 Å². The molecule has 0 fully saturated rings. The molecule has 0 heterocycles. The Morgan fingerprint density at radius 2 is 2.11 bits per heavy atom. The highest BCUT2D eigenvalue weighted by Crippen LogP contribution is 1.78. The van der Waals surface area contributed by atoms with Crippen molar-refractivity contribution in [3.8, 4) is 0 Å². The molecule has 0 radical (unpaired) electrons. The summed E-state index contributed by atoms with van der Waals surface area (Å²) >= 11 is 0. The van der Waals surface area contributed by atoms with E-state index in [0.29, 0.717) is 6.61 Å². The summed E-state index contributed by atoms with van der Waals surface area (Å²) < 4.78 is 0. The van der Waals surface area contributed by atoms with Crippen LogP contribution in [0.5, 0.6) is 0 Å². The minimum Gasteiger partial charge on any atom is -0.252 e. The maximum Gasteiger partial charge on any atom is 0.109 e. The molecule has 0 rings (SSSR count). The third-order valence-corrected chi connectivity index (χ3v) is 0.527. The highest BCUT2D eigenvalue weighted by Gasteiger charge is 1.84. The quantitative estimate of drug-likeness (QED) is 0.250. The van der Waals surface area contributed by atoms with E-state index in [1.54, 1.807) is 6.08 Å². The van der Waals surface area contributed by atoms with Gasteiger partial charge in [-0.1, -0.05) is 6.08 Å². The molecular weight excluding hydrogens is 124 g/mol. The third kappa shape index (κ3) is 7.58. The lowest BCUT2D eigenvalue weighted by atomic mass is 10.7. The van der Waals surface area contributed by atoms with Gasteiger partial charge in [0.25, 0.3) is 0 Å². The van der Waals surface area contributed by atoms with Crippen LogP contribution in [0.2, 0.25) is 0 Å². The van der Waals surface area contributed by atoms with Crippen molar-refractivity contribution < 1.29 is 19.9 Å². The SMILES string of the molecule is C=CCOOCCOO. The Morgan fingerprint density at radius 3 is 2.67 bits per heavy atom. The van der Waals surface area contributed by atoms with Gasteiger partial charge in [-0.2, -0.15) is 0 Å². The molecule has 0 saturated heterocycles. The lowest BCUT2D eigenvalue weighted by Crippen LogP contribution is -2.02. The molecular formula is C5H10O4. The lowest BCUT2D eigenvalue weighted by molar-refractivity contribution is -0.318. The van der Waals surface area contributed by atoms with Crippen LogP contribution in [-0.4, -0.2) is 25.1 Å². The predicted molar refractivity (Wildman–Crippen MR) is 30.7 cm³/mol. The first-order valence-electron chi connectivity index (χ1n) is 2.53. The zero-order chi connectivity index (χ0) is 6.95. The van der Waals surface area contributed by atoms with E-state index in [0.717, 1.165) is 0 Å². The molecule has 0 aromatic rings. The van der Waals surface area contributed by atoms with E-state index >= 15 is 0 Å². The lowest BCUT2D eigenvalue weighted by Gasteiger charge is -1.97. The summed E-state index contributed by atoms with van der Waals surface area (Å²) in [6.07, 6.45) is 1.56. The van der Waals surface area contributed by atoms with Gasteiger partial charge in [0.15, 0.2) is 0 Å². The molecule has 0 unspecified atom stereocenters. The molecule has 0 bridgehead atoms. The van der Waals surface area contributed by atoms with Crippen molar-refractivity contribution in [2.45, 2.75) is 0 Å². The van der Waals surface area contributed by atoms with Crippen molar-refractivity contribution in [1.82, 2.24) is 0 Å². The van der Waals surface area contributed by atoms with Gasteiger partial charge in [-0.15, -0.1) is 6.58 Å². The zero-order valence-electron chi connectivity index (χ0n) is 5.08. The van der Waals surface area contributed by atoms with Crippen molar-refractivity contribution in [1.29, 1.82) is 0 Å². The normalized spacial score (nSPS) is 9.44. The van der Waals surface area contributed by atoms with Crippen LogP contribution in [0.1, 0.15) is 0 Å². The Hall–Kier alpha value is -0.420. The van der Waals surface area contributed by atoms with Crippen LogP contribution in [0.15, 0.2) is 12.7 Å². The molecule has 0 amide bonds. The molecule has 1 N–H and O–H groups in total. The Bertz CT molecular complexity index is 64.0. The number of rotatable bonds is 6. The van der Waals surface area contributed by atoms with Crippen molar-refractivity contribution in [3.05, 3.63) is 12.7 Å². The topological polar surface area (TPSA) is 47.9 Å². The van der Waals surface area contributed by atoms with E-state index in [-0.39, 0.29) is 13.2 Å². The minimum absolute atomic E-state index is 0.108. The van der Waals surface area contributed by atoms with Crippen LogP contribution < -0.4 is 0 Å². The standard InChI is InChI=1S/C5H10O4/c1-2-3-8-9-5-4-7-6/h2,6H,1,3-5H2. The molecule has 4 nitrogen and oxygen atoms in total. The molecule has 9 heavy (non-hydrogen) atoms. The van der Waals surface area contributed by atoms with Gasteiger partial charge in [-0.3, -0.25) is 5.26 Å². The van der Waals surface area contributed by atoms with Crippen LogP contribution in [0, 0.1) is 0 Å². The van der Waals surface area contributed by atoms with Crippen LogP contribution in [0.4, 0.5) is 0 Å². The summed E-state index contributed by atoms with van der Waals surface area (Å²) in [5, 5.41) is 7.77. The van der Waals surface area contributed by atoms with E-state index in [2.05, 4.69) is 21.2 Å². The van der Waals surface area contributed by atoms with E-state index in [1.807, 2.05) is 0 Å². The first-order valence-corrected chi connectivity index (χ1v) is 2.53. The molecule has 4 heteroatoms. The van der Waals surface area contributed by atoms with E-state index < -0.39 is 0 Å². The average Bonchev–Trinajstić information content (AvgIpc) is 1.89. The maximum atomic E-state index is 7.77. The van der Waals surface area contributed by atoms with Gasteiger partial charge in [0, 0.05) is 0 Å². The molecule has 0 atom stereocenters. The fourth-order valence-corrected chi connectivity index (χ4v) is 0.226. The van der Waals surface area contributed by atoms with Crippen LogP contribution in [0.25, 0.3) is 0 Å². The van der Waals surface area contributed by atoms with E-state index in [9.17, 15) is 0 Å². The van der Waals surface area contributed by atoms with Crippen molar-refractivity contribution in [2.24, 2.45) is 0 Å². The molecule has 0 saturated carbocycles. The fourth-order valence-electron chi connectivity index (χ4n) is 0.226. The Kier molecular flexibility index (Phi) is 7.23. The summed E-state index contributed by atoms with van der Waals surface area (Å²) in [4.78, 5) is 12.6. The van der Waals surface area contributed by atoms with Crippen molar-refractivity contribution in [2.75, 3.05) is 19.8 Å². The molecule has 0 aromatic carbocycles. The fraction of sp³-hybridized carbons (Fsp3) is 0.600. The second-order valence-corrected chi connectivity index (χ2v) is 1.23. The Morgan fingerprint density at radius 1 is 1.33 bits per heavy atom. The molecule has 54 valence electrons. The van der Waals surface area contributed by atoms with Crippen molar-refractivity contribution in [3.63, 3.8) is 0 Å². The second kappa shape index (κ2) is 7.58. The van der Waals surface area contributed by atoms with E-state index in [4.69, 9.17) is 5.26 Å². The Balaban J connectivity index is 2.66. The highest BCUT2D eigenvalue weighted by atomic mass is 17.2. The summed E-state index contributed by atoms with van der Waals surface area (Å²) in [5.41, 5.74) is 0. The number of hydrogen-bond donors (Lipinski definition) is 1.